The molecule has 9 heteroatoms. The summed E-state index contributed by atoms with van der Waals surface area (Å²) in [5.41, 5.74) is 10.4. The molecular weight excluding hydrogens is 466 g/mol. The minimum atomic E-state index is -0.356. The normalized spacial score (nSPS) is 16.8. The van der Waals surface area contributed by atoms with Gasteiger partial charge in [-0.2, -0.15) is 0 Å². The number of nitrogen functional groups attached to an aromatic ring is 1. The molecule has 1 atom stereocenters. The lowest BCUT2D eigenvalue weighted by Crippen LogP contribution is -2.66. The van der Waals surface area contributed by atoms with Gasteiger partial charge in [-0.15, -0.1) is 0 Å². The van der Waals surface area contributed by atoms with Crippen molar-refractivity contribution in [3.05, 3.63) is 83.7 Å². The number of aromatic nitrogens is 4. The molecule has 1 amide bonds. The van der Waals surface area contributed by atoms with E-state index < -0.39 is 0 Å². The SMILES string of the molecule is Cc1cc2cc(C(=O)N(Cc3ccc(N4CC5(COC5)C4)cn3)[C@H](C)c3ncccn3)ccc2nc1N. The van der Waals surface area contributed by atoms with E-state index in [0.29, 0.717) is 29.2 Å². The molecule has 0 bridgehead atoms. The predicted octanol–water partition coefficient (Wildman–Crippen LogP) is 3.55. The van der Waals surface area contributed by atoms with E-state index in [1.807, 2.05) is 44.3 Å². The van der Waals surface area contributed by atoms with Gasteiger partial charge < -0.3 is 20.3 Å². The van der Waals surface area contributed by atoms with Gasteiger partial charge in [-0.1, -0.05) is 0 Å². The second kappa shape index (κ2) is 9.08. The average Bonchev–Trinajstić information content (AvgIpc) is 2.86. The van der Waals surface area contributed by atoms with Crippen molar-refractivity contribution >= 4 is 28.3 Å². The van der Waals surface area contributed by atoms with Crippen molar-refractivity contribution in [2.24, 2.45) is 5.41 Å². The van der Waals surface area contributed by atoms with Crippen molar-refractivity contribution in [2.45, 2.75) is 26.4 Å². The molecule has 37 heavy (non-hydrogen) atoms. The molecule has 0 saturated carbocycles. The van der Waals surface area contributed by atoms with Crippen LogP contribution < -0.4 is 10.6 Å². The maximum atomic E-state index is 13.9. The molecule has 2 fully saturated rings. The molecular formula is C28H29N7O2. The van der Waals surface area contributed by atoms with Gasteiger partial charge in [0.15, 0.2) is 0 Å². The van der Waals surface area contributed by atoms with Crippen LogP contribution in [-0.2, 0) is 11.3 Å². The second-order valence-corrected chi connectivity index (χ2v) is 10.2. The average molecular weight is 496 g/mol. The number of carbonyl (C=O) groups is 1. The summed E-state index contributed by atoms with van der Waals surface area (Å²) in [5, 5.41) is 0.868. The van der Waals surface area contributed by atoms with Crippen LogP contribution in [0.4, 0.5) is 11.5 Å². The summed E-state index contributed by atoms with van der Waals surface area (Å²) in [7, 11) is 0. The maximum absolute atomic E-state index is 13.9. The third-order valence-corrected chi connectivity index (χ3v) is 7.35. The number of nitrogens with zero attached hydrogens (tertiary/aromatic N) is 6. The molecule has 0 radical (unpaired) electrons. The molecule has 6 rings (SSSR count). The minimum Gasteiger partial charge on any atom is -0.383 e. The minimum absolute atomic E-state index is 0.128. The van der Waals surface area contributed by atoms with Crippen LogP contribution in [-0.4, -0.2) is 57.0 Å². The first-order chi connectivity index (χ1) is 17.9. The van der Waals surface area contributed by atoms with Crippen LogP contribution in [0.2, 0.25) is 0 Å². The zero-order chi connectivity index (χ0) is 25.6. The van der Waals surface area contributed by atoms with Crippen LogP contribution in [0.25, 0.3) is 10.9 Å². The van der Waals surface area contributed by atoms with Crippen LogP contribution in [0.3, 0.4) is 0 Å². The van der Waals surface area contributed by atoms with Gasteiger partial charge in [0.25, 0.3) is 5.91 Å². The largest absolute Gasteiger partial charge is 0.383 e. The van der Waals surface area contributed by atoms with E-state index in [-0.39, 0.29) is 11.9 Å². The third kappa shape index (κ3) is 4.35. The molecule has 2 saturated heterocycles. The van der Waals surface area contributed by atoms with E-state index in [0.717, 1.165) is 54.2 Å². The third-order valence-electron chi connectivity index (χ3n) is 7.35. The van der Waals surface area contributed by atoms with Gasteiger partial charge in [-0.3, -0.25) is 9.78 Å². The van der Waals surface area contributed by atoms with Crippen molar-refractivity contribution in [1.82, 2.24) is 24.8 Å². The fourth-order valence-electron chi connectivity index (χ4n) is 5.04. The number of pyridine rings is 2. The summed E-state index contributed by atoms with van der Waals surface area (Å²) in [5.74, 6) is 0.941. The number of aryl methyl sites for hydroxylation is 1. The molecule has 2 N–H and O–H groups in total. The first kappa shape index (κ1) is 23.3. The van der Waals surface area contributed by atoms with Crippen LogP contribution in [0.5, 0.6) is 0 Å². The first-order valence-electron chi connectivity index (χ1n) is 12.4. The van der Waals surface area contributed by atoms with Crippen LogP contribution in [0.1, 0.15) is 40.4 Å². The number of anilines is 2. The van der Waals surface area contributed by atoms with Crippen molar-refractivity contribution in [3.8, 4) is 0 Å². The van der Waals surface area contributed by atoms with Crippen LogP contribution >= 0.6 is 0 Å². The van der Waals surface area contributed by atoms with Gasteiger partial charge in [-0.25, -0.2) is 15.0 Å². The van der Waals surface area contributed by atoms with Crippen molar-refractivity contribution < 1.29 is 9.53 Å². The molecule has 188 valence electrons. The molecule has 0 unspecified atom stereocenters. The van der Waals surface area contributed by atoms with Gasteiger partial charge in [-0.05, 0) is 61.9 Å². The van der Waals surface area contributed by atoms with Crippen LogP contribution in [0, 0.1) is 12.3 Å². The number of hydrogen-bond donors (Lipinski definition) is 1. The Labute approximate surface area is 215 Å². The van der Waals surface area contributed by atoms with Gasteiger partial charge in [0.05, 0.1) is 54.3 Å². The van der Waals surface area contributed by atoms with Gasteiger partial charge in [0, 0.05) is 36.4 Å². The summed E-state index contributed by atoms with van der Waals surface area (Å²) in [4.78, 5) is 35.9. The fourth-order valence-corrected chi connectivity index (χ4v) is 5.04. The smallest absolute Gasteiger partial charge is 0.254 e. The molecule has 3 aromatic heterocycles. The number of fused-ring (bicyclic) bond motifs is 1. The molecule has 2 aliphatic rings. The van der Waals surface area contributed by atoms with Crippen LogP contribution in [0.15, 0.2) is 61.1 Å². The standard InChI is InChI=1S/C28H29N7O2/c1-18-10-21-11-20(4-7-24(21)33-25(18)29)27(36)35(19(2)26-30-8-3-9-31-26)13-22-5-6-23(12-32-22)34-14-28(15-34)16-37-17-28/h3-12,19H,13-17H2,1-2H3,(H2,29,33)/t19-/m1/s1. The Hall–Kier alpha value is -4.11. The lowest BCUT2D eigenvalue weighted by Gasteiger charge is -2.55. The number of nitrogens with two attached hydrogens (primary N) is 1. The number of carbonyl (C=O) groups excluding carboxylic acids is 1. The Bertz CT molecular complexity index is 1450. The highest BCUT2D eigenvalue weighted by atomic mass is 16.5. The second-order valence-electron chi connectivity index (χ2n) is 10.2. The molecule has 2 aliphatic heterocycles. The van der Waals surface area contributed by atoms with Gasteiger partial charge >= 0.3 is 0 Å². The molecule has 9 nitrogen and oxygen atoms in total. The summed E-state index contributed by atoms with van der Waals surface area (Å²) in [6, 6.07) is 12.9. The zero-order valence-electron chi connectivity index (χ0n) is 21.0. The van der Waals surface area contributed by atoms with E-state index in [4.69, 9.17) is 15.5 Å². The van der Waals surface area contributed by atoms with Gasteiger partial charge in [0.1, 0.15) is 11.6 Å². The predicted molar refractivity (Wildman–Crippen MR) is 141 cm³/mol. The Balaban J connectivity index is 1.27. The molecule has 0 aliphatic carbocycles. The highest BCUT2D eigenvalue weighted by Crippen LogP contribution is 2.40. The van der Waals surface area contributed by atoms with E-state index >= 15 is 0 Å². The van der Waals surface area contributed by atoms with E-state index in [2.05, 4.69) is 25.9 Å². The molecule has 1 aromatic carbocycles. The zero-order valence-corrected chi connectivity index (χ0v) is 21.0. The summed E-state index contributed by atoms with van der Waals surface area (Å²) < 4.78 is 5.38. The van der Waals surface area contributed by atoms with Crippen molar-refractivity contribution in [2.75, 3.05) is 36.9 Å². The number of amides is 1. The van der Waals surface area contributed by atoms with Crippen molar-refractivity contribution in [1.29, 1.82) is 0 Å². The van der Waals surface area contributed by atoms with Crippen molar-refractivity contribution in [3.63, 3.8) is 0 Å². The maximum Gasteiger partial charge on any atom is 0.254 e. The number of ether oxygens (including phenoxy) is 1. The lowest BCUT2D eigenvalue weighted by atomic mass is 9.78. The fraction of sp³-hybridized carbons (Fsp3) is 0.321. The van der Waals surface area contributed by atoms with E-state index in [9.17, 15) is 4.79 Å². The Kier molecular flexibility index (Phi) is 5.72. The topological polar surface area (TPSA) is 110 Å². The monoisotopic (exact) mass is 495 g/mol. The Morgan fingerprint density at radius 3 is 2.59 bits per heavy atom. The summed E-state index contributed by atoms with van der Waals surface area (Å²) in [6.45, 7) is 7.88. The quantitative estimate of drug-likeness (QED) is 0.432. The number of benzene rings is 1. The highest BCUT2D eigenvalue weighted by molar-refractivity contribution is 5.98. The summed E-state index contributed by atoms with van der Waals surface area (Å²) in [6.07, 6.45) is 5.27. The highest BCUT2D eigenvalue weighted by Gasteiger charge is 2.49. The summed E-state index contributed by atoms with van der Waals surface area (Å²) >= 11 is 0. The lowest BCUT2D eigenvalue weighted by molar-refractivity contribution is -0.127. The molecule has 5 heterocycles. The number of rotatable bonds is 6. The number of hydrogen-bond acceptors (Lipinski definition) is 8. The Morgan fingerprint density at radius 2 is 1.92 bits per heavy atom. The van der Waals surface area contributed by atoms with Gasteiger partial charge in [0.2, 0.25) is 0 Å². The van der Waals surface area contributed by atoms with E-state index in [1.165, 1.54) is 0 Å². The molecule has 1 spiro atoms. The Morgan fingerprint density at radius 1 is 1.14 bits per heavy atom. The molecule has 4 aromatic rings. The van der Waals surface area contributed by atoms with E-state index in [1.54, 1.807) is 29.4 Å². The first-order valence-corrected chi connectivity index (χ1v) is 12.4.